The van der Waals surface area contributed by atoms with E-state index in [4.69, 9.17) is 20.9 Å². The highest BCUT2D eigenvalue weighted by molar-refractivity contribution is 6.04. The van der Waals surface area contributed by atoms with Crippen LogP contribution < -0.4 is 16.2 Å². The molecule has 1 heterocycles. The maximum atomic E-state index is 14.7. The number of halogens is 1. The monoisotopic (exact) mass is 369 g/mol. The molecular weight excluding hydrogens is 349 g/mol. The Morgan fingerprint density at radius 2 is 2.15 bits per heavy atom. The minimum atomic E-state index is -0.585. The zero-order valence-electron chi connectivity index (χ0n) is 15.0. The molecule has 6 nitrogen and oxygen atoms in total. The summed E-state index contributed by atoms with van der Waals surface area (Å²) in [5, 5.41) is 0. The van der Waals surface area contributed by atoms with Gasteiger partial charge in [0.2, 0.25) is 0 Å². The van der Waals surface area contributed by atoms with Crippen molar-refractivity contribution in [1.29, 1.82) is 0 Å². The van der Waals surface area contributed by atoms with Gasteiger partial charge in [-0.15, -0.1) is 0 Å². The Hall–Kier alpha value is -3.35. The molecule has 3 rings (SSSR count). The fourth-order valence-corrected chi connectivity index (χ4v) is 3.08. The van der Waals surface area contributed by atoms with Crippen LogP contribution in [0.3, 0.4) is 0 Å². The van der Waals surface area contributed by atoms with Gasteiger partial charge in [0.25, 0.3) is 5.91 Å². The lowest BCUT2D eigenvalue weighted by Crippen LogP contribution is -2.24. The van der Waals surface area contributed by atoms with Gasteiger partial charge in [0.05, 0.1) is 12.7 Å². The van der Waals surface area contributed by atoms with Crippen molar-refractivity contribution < 1.29 is 18.7 Å². The Kier molecular flexibility index (Phi) is 5.12. The second-order valence-corrected chi connectivity index (χ2v) is 6.11. The molecule has 1 aliphatic carbocycles. The highest BCUT2D eigenvalue weighted by Gasteiger charge is 2.27. The third kappa shape index (κ3) is 3.76. The molecule has 0 fully saturated rings. The first-order chi connectivity index (χ1) is 12.9. The van der Waals surface area contributed by atoms with E-state index < -0.39 is 11.7 Å². The molecule has 0 spiro atoms. The summed E-state index contributed by atoms with van der Waals surface area (Å²) in [5.41, 5.74) is 12.4. The first-order valence-electron chi connectivity index (χ1n) is 8.37. The van der Waals surface area contributed by atoms with Crippen molar-refractivity contribution in [3.05, 3.63) is 70.8 Å². The lowest BCUT2D eigenvalue weighted by Gasteiger charge is -2.25. The Bertz CT molecular complexity index is 938. The summed E-state index contributed by atoms with van der Waals surface area (Å²) in [5.74, 6) is -0.311. The molecule has 4 N–H and O–H groups in total. The number of ether oxygens (including phenoxy) is 2. The molecule has 0 saturated heterocycles. The largest absolute Gasteiger partial charge is 0.496 e. The molecule has 1 unspecified atom stereocenters. The van der Waals surface area contributed by atoms with E-state index in [0.29, 0.717) is 34.6 Å². The number of guanidine groups is 1. The van der Waals surface area contributed by atoms with Gasteiger partial charge < -0.3 is 20.9 Å². The Morgan fingerprint density at radius 3 is 2.85 bits per heavy atom. The van der Waals surface area contributed by atoms with E-state index in [2.05, 4.69) is 4.99 Å². The zero-order chi connectivity index (χ0) is 19.6. The molecule has 2 aliphatic rings. The van der Waals surface area contributed by atoms with Gasteiger partial charge in [-0.3, -0.25) is 4.79 Å². The highest BCUT2D eigenvalue weighted by Crippen LogP contribution is 2.40. The molecule has 7 heteroatoms. The molecule has 1 atom stereocenters. The Morgan fingerprint density at radius 1 is 1.37 bits per heavy atom. The van der Waals surface area contributed by atoms with Crippen molar-refractivity contribution in [2.45, 2.75) is 19.4 Å². The number of aliphatic imine (C=N–C) groups is 1. The van der Waals surface area contributed by atoms with Gasteiger partial charge in [-0.05, 0) is 36.8 Å². The van der Waals surface area contributed by atoms with Crippen molar-refractivity contribution in [3.63, 3.8) is 0 Å². The summed E-state index contributed by atoms with van der Waals surface area (Å²) in [7, 11) is 1.48. The molecule has 1 amide bonds. The molecule has 0 bridgehead atoms. The maximum Gasteiger partial charge on any atom is 0.280 e. The fourth-order valence-electron chi connectivity index (χ4n) is 3.08. The lowest BCUT2D eigenvalue weighted by atomic mass is 9.91. The highest BCUT2D eigenvalue weighted by atomic mass is 19.1. The van der Waals surface area contributed by atoms with Gasteiger partial charge in [0.15, 0.2) is 5.96 Å². The van der Waals surface area contributed by atoms with Crippen molar-refractivity contribution in [2.75, 3.05) is 7.11 Å². The Balaban J connectivity index is 2.17. The number of hydrogen-bond donors (Lipinski definition) is 2. The zero-order valence-corrected chi connectivity index (χ0v) is 15.0. The van der Waals surface area contributed by atoms with Crippen LogP contribution in [-0.2, 0) is 9.53 Å². The number of nitrogens with two attached hydrogens (primary N) is 2. The number of allylic oxidation sites excluding steroid dienone is 4. The van der Waals surface area contributed by atoms with Gasteiger partial charge in [0, 0.05) is 17.6 Å². The normalized spacial score (nSPS) is 18.6. The van der Waals surface area contributed by atoms with Crippen LogP contribution in [0.5, 0.6) is 5.75 Å². The molecule has 0 saturated carbocycles. The van der Waals surface area contributed by atoms with E-state index in [-0.39, 0.29) is 17.6 Å². The van der Waals surface area contributed by atoms with Crippen LogP contribution in [-0.4, -0.2) is 25.1 Å². The summed E-state index contributed by atoms with van der Waals surface area (Å²) in [6.45, 7) is 1.86. The van der Waals surface area contributed by atoms with E-state index in [1.165, 1.54) is 13.2 Å². The van der Waals surface area contributed by atoms with Gasteiger partial charge in [-0.25, -0.2) is 4.39 Å². The predicted molar refractivity (Wildman–Crippen MR) is 101 cm³/mol. The van der Waals surface area contributed by atoms with E-state index in [1.54, 1.807) is 36.4 Å². The van der Waals surface area contributed by atoms with Gasteiger partial charge in [-0.2, -0.15) is 4.99 Å². The smallest absolute Gasteiger partial charge is 0.280 e. The second-order valence-electron chi connectivity index (χ2n) is 6.11. The SMILES string of the molecule is COc1cccc(F)c1C1=CC(C)OC2=C1C=C(C(=O)N=C(N)N)C=CC2. The van der Waals surface area contributed by atoms with Crippen LogP contribution in [0.25, 0.3) is 5.57 Å². The minimum absolute atomic E-state index is 0.264. The number of hydrogen-bond acceptors (Lipinski definition) is 3. The van der Waals surface area contributed by atoms with Crippen molar-refractivity contribution in [1.82, 2.24) is 0 Å². The van der Waals surface area contributed by atoms with E-state index in [0.717, 1.165) is 0 Å². The van der Waals surface area contributed by atoms with E-state index >= 15 is 0 Å². The van der Waals surface area contributed by atoms with Crippen LogP contribution in [0.2, 0.25) is 0 Å². The number of benzene rings is 1. The number of nitrogens with zero attached hydrogens (tertiary/aromatic N) is 1. The van der Waals surface area contributed by atoms with Crippen LogP contribution in [0.4, 0.5) is 4.39 Å². The topological polar surface area (TPSA) is 99.9 Å². The fraction of sp³-hybridized carbons (Fsp3) is 0.200. The molecule has 140 valence electrons. The van der Waals surface area contributed by atoms with Gasteiger partial charge in [-0.1, -0.05) is 18.2 Å². The molecule has 27 heavy (non-hydrogen) atoms. The average Bonchev–Trinajstić information content (AvgIpc) is 2.82. The van der Waals surface area contributed by atoms with E-state index in [9.17, 15) is 9.18 Å². The molecule has 1 aromatic rings. The van der Waals surface area contributed by atoms with Crippen LogP contribution in [0.1, 0.15) is 18.9 Å². The number of carbonyl (C=O) groups excluding carboxylic acids is 1. The summed E-state index contributed by atoms with van der Waals surface area (Å²) in [6.07, 6.45) is 6.99. The quantitative estimate of drug-likeness (QED) is 0.630. The van der Waals surface area contributed by atoms with Gasteiger partial charge >= 0.3 is 0 Å². The summed E-state index contributed by atoms with van der Waals surface area (Å²) in [6, 6.07) is 4.63. The predicted octanol–water partition coefficient (Wildman–Crippen LogP) is 2.58. The molecular formula is C20H20FN3O3. The van der Waals surface area contributed by atoms with Crippen molar-refractivity contribution in [3.8, 4) is 5.75 Å². The summed E-state index contributed by atoms with van der Waals surface area (Å²) >= 11 is 0. The number of amides is 1. The van der Waals surface area contributed by atoms with Crippen LogP contribution >= 0.6 is 0 Å². The molecule has 1 aromatic carbocycles. The summed E-state index contributed by atoms with van der Waals surface area (Å²) in [4.78, 5) is 15.9. The first kappa shape index (κ1) is 18.4. The first-order valence-corrected chi connectivity index (χ1v) is 8.37. The van der Waals surface area contributed by atoms with Crippen molar-refractivity contribution in [2.24, 2.45) is 16.5 Å². The van der Waals surface area contributed by atoms with Gasteiger partial charge in [0.1, 0.15) is 23.4 Å². The molecule has 1 aliphatic heterocycles. The van der Waals surface area contributed by atoms with Crippen molar-refractivity contribution >= 4 is 17.4 Å². The maximum absolute atomic E-state index is 14.7. The number of methoxy groups -OCH3 is 1. The lowest BCUT2D eigenvalue weighted by molar-refractivity contribution is -0.114. The van der Waals surface area contributed by atoms with E-state index in [1.807, 2.05) is 6.92 Å². The number of carbonyl (C=O) groups is 1. The number of rotatable bonds is 3. The average molecular weight is 369 g/mol. The second kappa shape index (κ2) is 7.49. The van der Waals surface area contributed by atoms with Crippen LogP contribution in [0, 0.1) is 5.82 Å². The Labute approximate surface area is 156 Å². The summed E-state index contributed by atoms with van der Waals surface area (Å²) < 4.78 is 25.9. The third-order valence-corrected chi connectivity index (χ3v) is 4.16. The molecule has 0 radical (unpaired) electrons. The third-order valence-electron chi connectivity index (χ3n) is 4.16. The standard InChI is InChI=1S/C20H20FN3O3/c1-11-9-14(18-15(21)6-4-8-17(18)26-2)13-10-12(19(25)24-20(22)23)5-3-7-16(13)27-11/h3-6,8-11H,7H2,1-2H3,(H4,22,23,24,25). The minimum Gasteiger partial charge on any atom is -0.496 e. The molecule has 0 aromatic heterocycles. The van der Waals surface area contributed by atoms with Crippen LogP contribution in [0.15, 0.2) is 64.4 Å².